The highest BCUT2D eigenvalue weighted by molar-refractivity contribution is 5.96. The molecule has 0 fully saturated rings. The predicted molar refractivity (Wildman–Crippen MR) is 106 cm³/mol. The predicted octanol–water partition coefficient (Wildman–Crippen LogP) is 3.55. The summed E-state index contributed by atoms with van der Waals surface area (Å²) in [5.41, 5.74) is 4.20. The maximum absolute atomic E-state index is 12.2. The smallest absolute Gasteiger partial charge is 0.251 e. The molecule has 1 aromatic carbocycles. The number of hydrogen-bond acceptors (Lipinski definition) is 2. The number of carbonyl (C=O) groups is 1. The molecule has 1 aliphatic heterocycles. The van der Waals surface area contributed by atoms with Crippen molar-refractivity contribution in [1.29, 1.82) is 0 Å². The van der Waals surface area contributed by atoms with E-state index in [-0.39, 0.29) is 16.9 Å². The molecule has 2 aromatic rings. The van der Waals surface area contributed by atoms with E-state index in [0.29, 0.717) is 12.2 Å². The van der Waals surface area contributed by atoms with Crippen molar-refractivity contribution >= 4 is 11.6 Å². The second-order valence-electron chi connectivity index (χ2n) is 8.67. The van der Waals surface area contributed by atoms with Gasteiger partial charge in [-0.2, -0.15) is 14.4 Å². The van der Waals surface area contributed by atoms with Crippen LogP contribution in [0.5, 0.6) is 5.75 Å². The Morgan fingerprint density at radius 1 is 1.30 bits per heavy atom. The van der Waals surface area contributed by atoms with Crippen molar-refractivity contribution in [2.24, 2.45) is 0 Å². The van der Waals surface area contributed by atoms with E-state index in [4.69, 9.17) is 0 Å². The van der Waals surface area contributed by atoms with E-state index in [2.05, 4.69) is 44.4 Å². The Labute approximate surface area is 159 Å². The number of fused-ring (bicyclic) bond motifs is 4. The third-order valence-electron chi connectivity index (χ3n) is 5.48. The maximum atomic E-state index is 12.2. The number of allylic oxidation sites excluding steroid dienone is 3. The van der Waals surface area contributed by atoms with Crippen LogP contribution in [0.15, 0.2) is 42.6 Å². The number of aromatic nitrogens is 3. The Balaban J connectivity index is 1.73. The molecule has 0 saturated heterocycles. The molecule has 2 aliphatic rings. The highest BCUT2D eigenvalue weighted by Crippen LogP contribution is 2.52. The molecule has 6 nitrogen and oxygen atoms in total. The Hall–Kier alpha value is -2.89. The van der Waals surface area contributed by atoms with Crippen molar-refractivity contribution in [3.8, 4) is 11.4 Å². The second kappa shape index (κ2) is 5.31. The van der Waals surface area contributed by atoms with E-state index < -0.39 is 0 Å². The van der Waals surface area contributed by atoms with E-state index in [1.54, 1.807) is 0 Å². The molecule has 142 valence electrons. The van der Waals surface area contributed by atoms with Gasteiger partial charge in [-0.25, -0.2) is 0 Å². The largest absolute Gasteiger partial charge is 0.505 e. The number of aromatic hydroxyl groups is 1. The summed E-state index contributed by atoms with van der Waals surface area (Å²) in [5, 5.41) is 13.6. The molecule has 4 rings (SSSR count). The molecule has 0 spiro atoms. The van der Waals surface area contributed by atoms with Gasteiger partial charge in [0.2, 0.25) is 0 Å². The first-order valence-corrected chi connectivity index (χ1v) is 9.17. The van der Waals surface area contributed by atoms with Crippen molar-refractivity contribution < 1.29 is 9.90 Å². The van der Waals surface area contributed by atoms with Crippen LogP contribution >= 0.6 is 0 Å². The van der Waals surface area contributed by atoms with Gasteiger partial charge in [0.1, 0.15) is 17.0 Å². The van der Waals surface area contributed by atoms with Crippen LogP contribution < -0.4 is 5.32 Å². The first-order chi connectivity index (χ1) is 12.6. The molecular formula is C21H26N4O2. The molecule has 1 atom stereocenters. The molecule has 0 saturated carbocycles. The first kappa shape index (κ1) is 17.5. The minimum atomic E-state index is -0.291. The van der Waals surface area contributed by atoms with Crippen LogP contribution in [0, 0.1) is 6.92 Å². The Morgan fingerprint density at radius 3 is 2.63 bits per heavy atom. The molecule has 2 heterocycles. The van der Waals surface area contributed by atoms with Crippen molar-refractivity contribution in [2.45, 2.75) is 52.0 Å². The lowest BCUT2D eigenvalue weighted by Crippen LogP contribution is -2.42. The molecule has 0 bridgehead atoms. The summed E-state index contributed by atoms with van der Waals surface area (Å²) in [6.45, 7) is 14.0. The zero-order valence-electron chi connectivity index (χ0n) is 16.5. The van der Waals surface area contributed by atoms with Gasteiger partial charge in [0, 0.05) is 17.6 Å². The fourth-order valence-corrected chi connectivity index (χ4v) is 4.07. The number of phenols is 1. The highest BCUT2D eigenvalue weighted by atomic mass is 16.3. The standard InChI is InChI=1S/C21H26N4O2/c1-7-22-19(27)14-8-9-17-21(6,12-14)25-23(24(17)25)16-11-13(2)10-15(18(16)26)20(3,4)5/h7-11,26H,1,12H2,2-6H3,(H,22,27). The van der Waals surface area contributed by atoms with Gasteiger partial charge in [-0.05, 0) is 43.2 Å². The first-order valence-electron chi connectivity index (χ1n) is 9.17. The maximum Gasteiger partial charge on any atom is 0.251 e. The lowest BCUT2D eigenvalue weighted by Gasteiger charge is -2.36. The Morgan fingerprint density at radius 2 is 2.00 bits per heavy atom. The summed E-state index contributed by atoms with van der Waals surface area (Å²) >= 11 is 0. The van der Waals surface area contributed by atoms with Gasteiger partial charge in [0.25, 0.3) is 5.91 Å². The number of aryl methyl sites for hydroxylation is 1. The third-order valence-corrected chi connectivity index (χ3v) is 5.48. The number of hydrogen-bond donors (Lipinski definition) is 2. The molecule has 2 N–H and O–H groups in total. The monoisotopic (exact) mass is 366 g/mol. The third kappa shape index (κ3) is 2.36. The summed E-state index contributed by atoms with van der Waals surface area (Å²) < 4.78 is 0. The van der Waals surface area contributed by atoms with Crippen LogP contribution in [0.25, 0.3) is 11.4 Å². The number of rotatable bonds is 3. The molecule has 1 unspecified atom stereocenters. The summed E-state index contributed by atoms with van der Waals surface area (Å²) in [7, 11) is 0. The molecule has 1 aromatic heterocycles. The average molecular weight is 366 g/mol. The number of phenolic OH excluding ortho intramolecular Hbond substituents is 1. The van der Waals surface area contributed by atoms with Crippen molar-refractivity contribution in [1.82, 2.24) is 19.7 Å². The van der Waals surface area contributed by atoms with Gasteiger partial charge in [-0.15, -0.1) is 0 Å². The number of nitrogens with zero attached hydrogens (tertiary/aromatic N) is 3. The van der Waals surface area contributed by atoms with Crippen LogP contribution in [-0.4, -0.2) is 25.4 Å². The normalized spacial score (nSPS) is 20.9. The highest BCUT2D eigenvalue weighted by Gasteiger charge is 2.55. The zero-order chi connectivity index (χ0) is 19.7. The molecule has 1 aliphatic carbocycles. The molecule has 1 amide bonds. The fourth-order valence-electron chi connectivity index (χ4n) is 4.07. The number of amides is 1. The summed E-state index contributed by atoms with van der Waals surface area (Å²) in [5.74, 6) is 0.183. The van der Waals surface area contributed by atoms with Gasteiger partial charge in [0.05, 0.1) is 5.70 Å². The molecule has 6 heteroatoms. The number of benzene rings is 1. The fraction of sp³-hybridized carbons (Fsp3) is 0.381. The minimum Gasteiger partial charge on any atom is -0.505 e. The lowest BCUT2D eigenvalue weighted by atomic mass is 9.83. The SMILES string of the molecule is C=CNC(=O)C1=CC=C2n3n(-c4cc(C)cc(C(C)(C)C)c4O)n3C2(C)C1. The number of nitrogens with one attached hydrogen (secondary N) is 1. The van der Waals surface area contributed by atoms with E-state index >= 15 is 0 Å². The molecular weight excluding hydrogens is 340 g/mol. The number of carbonyl (C=O) groups excluding carboxylic acids is 1. The van der Waals surface area contributed by atoms with Gasteiger partial charge in [0.15, 0.2) is 0 Å². The van der Waals surface area contributed by atoms with Gasteiger partial charge in [-0.1, -0.05) is 39.5 Å². The van der Waals surface area contributed by atoms with E-state index in [9.17, 15) is 9.90 Å². The van der Waals surface area contributed by atoms with Crippen LogP contribution in [0.1, 0.15) is 45.2 Å². The van der Waals surface area contributed by atoms with Crippen LogP contribution in [0.3, 0.4) is 0 Å². The Bertz CT molecular complexity index is 1040. The lowest BCUT2D eigenvalue weighted by molar-refractivity contribution is -0.116. The van der Waals surface area contributed by atoms with E-state index in [0.717, 1.165) is 28.1 Å². The van der Waals surface area contributed by atoms with E-state index in [1.807, 2.05) is 40.8 Å². The summed E-state index contributed by atoms with van der Waals surface area (Å²) in [6, 6.07) is 4.04. The minimum absolute atomic E-state index is 0.123. The van der Waals surface area contributed by atoms with Crippen LogP contribution in [-0.2, 0) is 15.7 Å². The molecule has 0 radical (unpaired) electrons. The summed E-state index contributed by atoms with van der Waals surface area (Å²) in [4.78, 5) is 18.3. The summed E-state index contributed by atoms with van der Waals surface area (Å²) in [6.07, 6.45) is 5.85. The van der Waals surface area contributed by atoms with Crippen molar-refractivity contribution in [2.75, 3.05) is 0 Å². The average Bonchev–Trinajstić information content (AvgIpc) is 3.26. The van der Waals surface area contributed by atoms with Gasteiger partial charge >= 0.3 is 0 Å². The Kier molecular flexibility index (Phi) is 3.45. The van der Waals surface area contributed by atoms with Crippen molar-refractivity contribution in [3.63, 3.8) is 0 Å². The van der Waals surface area contributed by atoms with E-state index in [1.165, 1.54) is 6.20 Å². The van der Waals surface area contributed by atoms with Crippen LogP contribution in [0.4, 0.5) is 0 Å². The second-order valence-corrected chi connectivity index (χ2v) is 8.67. The quantitative estimate of drug-likeness (QED) is 0.872. The molecule has 27 heavy (non-hydrogen) atoms. The van der Waals surface area contributed by atoms with Crippen molar-refractivity contribution in [3.05, 3.63) is 53.8 Å². The van der Waals surface area contributed by atoms with Crippen LogP contribution in [0.2, 0.25) is 0 Å². The van der Waals surface area contributed by atoms with Gasteiger partial charge < -0.3 is 10.4 Å². The van der Waals surface area contributed by atoms with Gasteiger partial charge in [-0.3, -0.25) is 4.79 Å². The topological polar surface area (TPSA) is 64.1 Å². The zero-order valence-corrected chi connectivity index (χ0v) is 16.5.